The first-order valence-electron chi connectivity index (χ1n) is 7.52. The number of pyridine rings is 1. The maximum Gasteiger partial charge on any atom is 0.269 e. The molecule has 4 rings (SSSR count). The minimum Gasteiger partial charge on any atom is -0.463 e. The summed E-state index contributed by atoms with van der Waals surface area (Å²) in [6, 6.07) is 15.5. The molecule has 0 aliphatic rings. The van der Waals surface area contributed by atoms with Crippen molar-refractivity contribution in [1.29, 1.82) is 0 Å². The number of nitro benzene ring substituents is 1. The molecule has 7 nitrogen and oxygen atoms in total. The van der Waals surface area contributed by atoms with Crippen LogP contribution >= 0.6 is 0 Å². The zero-order valence-corrected chi connectivity index (χ0v) is 12.9. The summed E-state index contributed by atoms with van der Waals surface area (Å²) < 4.78 is 7.32. The van der Waals surface area contributed by atoms with Gasteiger partial charge in [-0.05, 0) is 42.0 Å². The summed E-state index contributed by atoms with van der Waals surface area (Å²) in [5.74, 6) is 1.25. The van der Waals surface area contributed by atoms with E-state index in [1.165, 1.54) is 12.1 Å². The largest absolute Gasteiger partial charge is 0.463 e. The molecule has 3 aromatic heterocycles. The van der Waals surface area contributed by atoms with Crippen molar-refractivity contribution in [2.45, 2.75) is 0 Å². The standard InChI is InChI=1S/C18H12N4O3/c23-22(24)14-8-6-13(7-9-14)12-19-18-17(15-4-3-11-25-15)20-16-5-1-2-10-21(16)18/h1-12H. The molecule has 0 saturated heterocycles. The smallest absolute Gasteiger partial charge is 0.269 e. The first kappa shape index (κ1) is 14.8. The summed E-state index contributed by atoms with van der Waals surface area (Å²) in [6.07, 6.45) is 5.10. The predicted molar refractivity (Wildman–Crippen MR) is 93.2 cm³/mol. The molecule has 3 heterocycles. The molecule has 0 bridgehead atoms. The van der Waals surface area contributed by atoms with Crippen molar-refractivity contribution < 1.29 is 9.34 Å². The van der Waals surface area contributed by atoms with Crippen LogP contribution in [-0.2, 0) is 0 Å². The SMILES string of the molecule is O=[N+]([O-])c1ccc(C=Nc2c(-c3ccco3)nc3ccccn23)cc1. The van der Waals surface area contributed by atoms with Crippen molar-refractivity contribution >= 4 is 23.4 Å². The number of furan rings is 1. The Kier molecular flexibility index (Phi) is 3.59. The van der Waals surface area contributed by atoms with Crippen LogP contribution in [0.2, 0.25) is 0 Å². The highest BCUT2D eigenvalue weighted by atomic mass is 16.6. The van der Waals surface area contributed by atoms with Gasteiger partial charge in [0.05, 0.1) is 11.2 Å². The molecule has 0 N–H and O–H groups in total. The fraction of sp³-hybridized carbons (Fsp3) is 0. The van der Waals surface area contributed by atoms with Crippen molar-refractivity contribution in [2.24, 2.45) is 4.99 Å². The molecule has 0 amide bonds. The van der Waals surface area contributed by atoms with Gasteiger partial charge in [-0.25, -0.2) is 9.98 Å². The highest BCUT2D eigenvalue weighted by molar-refractivity contribution is 5.84. The number of rotatable bonds is 4. The molecule has 0 fully saturated rings. The Morgan fingerprint density at radius 1 is 1.12 bits per heavy atom. The Balaban J connectivity index is 1.77. The van der Waals surface area contributed by atoms with Gasteiger partial charge in [0.15, 0.2) is 17.3 Å². The highest BCUT2D eigenvalue weighted by Gasteiger charge is 2.15. The van der Waals surface area contributed by atoms with E-state index in [4.69, 9.17) is 4.42 Å². The number of fused-ring (bicyclic) bond motifs is 1. The van der Waals surface area contributed by atoms with E-state index in [0.29, 0.717) is 17.3 Å². The summed E-state index contributed by atoms with van der Waals surface area (Å²) in [5.41, 5.74) is 2.18. The number of hydrogen-bond acceptors (Lipinski definition) is 5. The Morgan fingerprint density at radius 3 is 2.68 bits per heavy atom. The van der Waals surface area contributed by atoms with E-state index in [0.717, 1.165) is 11.2 Å². The van der Waals surface area contributed by atoms with Crippen molar-refractivity contribution in [3.8, 4) is 11.5 Å². The van der Waals surface area contributed by atoms with Crippen LogP contribution < -0.4 is 0 Å². The van der Waals surface area contributed by atoms with E-state index >= 15 is 0 Å². The van der Waals surface area contributed by atoms with E-state index < -0.39 is 4.92 Å². The van der Waals surface area contributed by atoms with Crippen molar-refractivity contribution in [3.63, 3.8) is 0 Å². The minimum atomic E-state index is -0.430. The molecule has 0 aliphatic heterocycles. The summed E-state index contributed by atoms with van der Waals surface area (Å²) in [6.45, 7) is 0. The maximum atomic E-state index is 10.7. The number of nitro groups is 1. The van der Waals surface area contributed by atoms with Crippen LogP contribution in [0, 0.1) is 10.1 Å². The van der Waals surface area contributed by atoms with Crippen molar-refractivity contribution in [2.75, 3.05) is 0 Å². The topological polar surface area (TPSA) is 85.9 Å². The number of benzene rings is 1. The molecule has 0 atom stereocenters. The van der Waals surface area contributed by atoms with Gasteiger partial charge in [0, 0.05) is 24.5 Å². The van der Waals surface area contributed by atoms with Crippen LogP contribution in [0.4, 0.5) is 11.5 Å². The molecule has 0 radical (unpaired) electrons. The molecule has 0 unspecified atom stereocenters. The normalized spacial score (nSPS) is 11.4. The summed E-state index contributed by atoms with van der Waals surface area (Å²) >= 11 is 0. The second-order valence-corrected chi connectivity index (χ2v) is 5.30. The van der Waals surface area contributed by atoms with Gasteiger partial charge >= 0.3 is 0 Å². The third-order valence-corrected chi connectivity index (χ3v) is 3.70. The van der Waals surface area contributed by atoms with Crippen molar-refractivity contribution in [3.05, 3.63) is 82.7 Å². The number of non-ortho nitro benzene ring substituents is 1. The fourth-order valence-electron chi connectivity index (χ4n) is 2.50. The Labute approximate surface area is 142 Å². The molecule has 4 aromatic rings. The number of aliphatic imine (C=N–C) groups is 1. The third kappa shape index (κ3) is 2.78. The summed E-state index contributed by atoms with van der Waals surface area (Å²) in [4.78, 5) is 19.4. The monoisotopic (exact) mass is 332 g/mol. The fourth-order valence-corrected chi connectivity index (χ4v) is 2.50. The molecule has 1 aromatic carbocycles. The molecular weight excluding hydrogens is 320 g/mol. The average molecular weight is 332 g/mol. The van der Waals surface area contributed by atoms with E-state index in [1.54, 1.807) is 30.7 Å². The van der Waals surface area contributed by atoms with Gasteiger partial charge in [0.2, 0.25) is 0 Å². The number of imidazole rings is 1. The second kappa shape index (κ2) is 6.04. The number of nitrogens with zero attached hydrogens (tertiary/aromatic N) is 4. The molecular formula is C18H12N4O3. The maximum absolute atomic E-state index is 10.7. The Bertz CT molecular complexity index is 1060. The first-order chi connectivity index (χ1) is 12.2. The van der Waals surface area contributed by atoms with Crippen LogP contribution in [0.5, 0.6) is 0 Å². The van der Waals surface area contributed by atoms with Gasteiger partial charge in [-0.15, -0.1) is 0 Å². The lowest BCUT2D eigenvalue weighted by molar-refractivity contribution is -0.384. The summed E-state index contributed by atoms with van der Waals surface area (Å²) in [7, 11) is 0. The van der Waals surface area contributed by atoms with Crippen LogP contribution in [0.15, 0.2) is 76.5 Å². The average Bonchev–Trinajstić information content (AvgIpc) is 3.28. The number of hydrogen-bond donors (Lipinski definition) is 0. The lowest BCUT2D eigenvalue weighted by Gasteiger charge is -1.98. The van der Waals surface area contributed by atoms with E-state index in [-0.39, 0.29) is 5.69 Å². The first-order valence-corrected chi connectivity index (χ1v) is 7.52. The molecule has 0 aliphatic carbocycles. The number of aromatic nitrogens is 2. The van der Waals surface area contributed by atoms with Gasteiger partial charge in [0.25, 0.3) is 5.69 Å². The van der Waals surface area contributed by atoms with E-state index in [2.05, 4.69) is 9.98 Å². The van der Waals surface area contributed by atoms with Crippen LogP contribution in [0.3, 0.4) is 0 Å². The minimum absolute atomic E-state index is 0.0447. The lowest BCUT2D eigenvalue weighted by Crippen LogP contribution is -1.88. The highest BCUT2D eigenvalue weighted by Crippen LogP contribution is 2.31. The second-order valence-electron chi connectivity index (χ2n) is 5.30. The summed E-state index contributed by atoms with van der Waals surface area (Å²) in [5, 5.41) is 10.7. The molecule has 7 heteroatoms. The molecule has 25 heavy (non-hydrogen) atoms. The predicted octanol–water partition coefficient (Wildman–Crippen LogP) is 4.25. The quantitative estimate of drug-likeness (QED) is 0.317. The molecule has 122 valence electrons. The van der Waals surface area contributed by atoms with Gasteiger partial charge < -0.3 is 4.42 Å². The van der Waals surface area contributed by atoms with E-state index in [9.17, 15) is 10.1 Å². The lowest BCUT2D eigenvalue weighted by atomic mass is 10.2. The Morgan fingerprint density at radius 2 is 1.96 bits per heavy atom. The zero-order chi connectivity index (χ0) is 17.2. The molecule has 0 spiro atoms. The van der Waals surface area contributed by atoms with Gasteiger partial charge in [-0.3, -0.25) is 14.5 Å². The van der Waals surface area contributed by atoms with Crippen LogP contribution in [0.25, 0.3) is 17.1 Å². The Hall–Kier alpha value is -3.74. The molecule has 0 saturated carbocycles. The van der Waals surface area contributed by atoms with Gasteiger partial charge in [-0.2, -0.15) is 0 Å². The third-order valence-electron chi connectivity index (χ3n) is 3.70. The van der Waals surface area contributed by atoms with Crippen LogP contribution in [0.1, 0.15) is 5.56 Å². The van der Waals surface area contributed by atoms with Gasteiger partial charge in [0.1, 0.15) is 5.65 Å². The van der Waals surface area contributed by atoms with Crippen molar-refractivity contribution in [1.82, 2.24) is 9.38 Å². The van der Waals surface area contributed by atoms with Crippen LogP contribution in [-0.4, -0.2) is 20.5 Å². The zero-order valence-electron chi connectivity index (χ0n) is 12.9. The van der Waals surface area contributed by atoms with E-state index in [1.807, 2.05) is 34.9 Å². The van der Waals surface area contributed by atoms with Gasteiger partial charge in [-0.1, -0.05) is 6.07 Å².